The van der Waals surface area contributed by atoms with Crippen LogP contribution in [-0.4, -0.2) is 8.42 Å². The van der Waals surface area contributed by atoms with Crippen LogP contribution in [0.4, 0.5) is 4.39 Å². The fraction of sp³-hybridized carbons (Fsp3) is 0.0526. The van der Waals surface area contributed by atoms with Crippen molar-refractivity contribution >= 4 is 26.7 Å². The van der Waals surface area contributed by atoms with Crippen LogP contribution in [0.2, 0.25) is 0 Å². The Kier molecular flexibility index (Phi) is 4.26. The molecule has 0 fully saturated rings. The lowest BCUT2D eigenvalue weighted by Gasteiger charge is -2.03. The zero-order valence-corrected chi connectivity index (χ0v) is 13.1. The molecule has 0 saturated heterocycles. The van der Waals surface area contributed by atoms with Crippen molar-refractivity contribution in [1.82, 2.24) is 0 Å². The normalized spacial score (nSPS) is 12.0. The van der Waals surface area contributed by atoms with Crippen LogP contribution in [0.15, 0.2) is 72.1 Å². The summed E-state index contributed by atoms with van der Waals surface area (Å²) in [7, 11) is -3.42. The van der Waals surface area contributed by atoms with Gasteiger partial charge in [0.2, 0.25) is 0 Å². The van der Waals surface area contributed by atoms with Crippen LogP contribution in [0.5, 0.6) is 0 Å². The molecular weight excluding hydrogens is 311 g/mol. The monoisotopic (exact) mass is 326 g/mol. The second-order valence-electron chi connectivity index (χ2n) is 5.30. The minimum Gasteiger partial charge on any atom is -0.224 e. The van der Waals surface area contributed by atoms with E-state index in [1.165, 1.54) is 29.7 Å². The van der Waals surface area contributed by atoms with Crippen molar-refractivity contribution in [3.63, 3.8) is 0 Å². The quantitative estimate of drug-likeness (QED) is 0.704. The molecule has 0 radical (unpaired) electrons. The fourth-order valence-electron chi connectivity index (χ4n) is 2.43. The predicted octanol–water partition coefficient (Wildman–Crippen LogP) is 4.56. The van der Waals surface area contributed by atoms with E-state index in [0.717, 1.165) is 16.3 Å². The Balaban J connectivity index is 1.87. The summed E-state index contributed by atoms with van der Waals surface area (Å²) in [5.41, 5.74) is 1.42. The van der Waals surface area contributed by atoms with E-state index in [-0.39, 0.29) is 11.6 Å². The predicted molar refractivity (Wildman–Crippen MR) is 92.0 cm³/mol. The molecule has 0 bridgehead atoms. The minimum absolute atomic E-state index is 0.144. The number of rotatable bonds is 4. The van der Waals surface area contributed by atoms with E-state index in [2.05, 4.69) is 0 Å². The largest absolute Gasteiger partial charge is 0.224 e. The molecule has 23 heavy (non-hydrogen) atoms. The standard InChI is InChI=1S/C19H15FO2S/c20-18-10-8-15(9-11-18)14-23(21,22)13-12-17-6-3-5-16-4-1-2-7-19(16)17/h1-13H,14H2. The van der Waals surface area contributed by atoms with Crippen molar-refractivity contribution in [3.05, 3.63) is 89.1 Å². The molecule has 0 aliphatic rings. The molecule has 4 heteroatoms. The third kappa shape index (κ3) is 3.85. The van der Waals surface area contributed by atoms with Gasteiger partial charge < -0.3 is 0 Å². The van der Waals surface area contributed by atoms with Crippen LogP contribution in [0.1, 0.15) is 11.1 Å². The van der Waals surface area contributed by atoms with E-state index < -0.39 is 9.84 Å². The van der Waals surface area contributed by atoms with Gasteiger partial charge in [0.15, 0.2) is 9.84 Å². The van der Waals surface area contributed by atoms with Crippen molar-refractivity contribution < 1.29 is 12.8 Å². The third-order valence-corrected chi connectivity index (χ3v) is 4.85. The molecule has 0 unspecified atom stereocenters. The second kappa shape index (κ2) is 6.34. The summed E-state index contributed by atoms with van der Waals surface area (Å²) in [5.74, 6) is -0.522. The van der Waals surface area contributed by atoms with Gasteiger partial charge in [0, 0.05) is 5.41 Å². The summed E-state index contributed by atoms with van der Waals surface area (Å²) in [4.78, 5) is 0. The molecule has 0 atom stereocenters. The van der Waals surface area contributed by atoms with E-state index in [0.29, 0.717) is 5.56 Å². The van der Waals surface area contributed by atoms with Gasteiger partial charge in [-0.3, -0.25) is 0 Å². The Morgan fingerprint density at radius 3 is 2.35 bits per heavy atom. The summed E-state index contributed by atoms with van der Waals surface area (Å²) >= 11 is 0. The van der Waals surface area contributed by atoms with Gasteiger partial charge in [-0.05, 0) is 40.1 Å². The van der Waals surface area contributed by atoms with Crippen molar-refractivity contribution in [2.45, 2.75) is 5.75 Å². The molecule has 3 rings (SSSR count). The smallest absolute Gasteiger partial charge is 0.175 e. The first-order chi connectivity index (χ1) is 11.0. The highest BCUT2D eigenvalue weighted by Gasteiger charge is 2.08. The Morgan fingerprint density at radius 1 is 0.870 bits per heavy atom. The minimum atomic E-state index is -3.42. The molecule has 2 nitrogen and oxygen atoms in total. The van der Waals surface area contributed by atoms with Gasteiger partial charge in [0.1, 0.15) is 5.82 Å². The van der Waals surface area contributed by atoms with E-state index >= 15 is 0 Å². The van der Waals surface area contributed by atoms with Crippen LogP contribution in [0.3, 0.4) is 0 Å². The van der Waals surface area contributed by atoms with Crippen molar-refractivity contribution in [2.75, 3.05) is 0 Å². The van der Waals surface area contributed by atoms with Crippen LogP contribution in [0.25, 0.3) is 16.8 Å². The Hall–Kier alpha value is -2.46. The molecule has 0 aromatic heterocycles. The summed E-state index contributed by atoms with van der Waals surface area (Å²) in [6.45, 7) is 0. The molecule has 116 valence electrons. The first kappa shape index (κ1) is 15.4. The molecule has 0 spiro atoms. The molecule has 0 aliphatic heterocycles. The molecule has 0 heterocycles. The Labute approximate surface area is 134 Å². The lowest BCUT2D eigenvalue weighted by molar-refractivity contribution is 0.603. The van der Waals surface area contributed by atoms with Gasteiger partial charge in [-0.15, -0.1) is 0 Å². The molecule has 0 amide bonds. The van der Waals surface area contributed by atoms with Crippen molar-refractivity contribution in [1.29, 1.82) is 0 Å². The fourth-order valence-corrected chi connectivity index (χ4v) is 3.54. The third-order valence-electron chi connectivity index (χ3n) is 3.56. The van der Waals surface area contributed by atoms with Crippen molar-refractivity contribution in [3.8, 4) is 0 Å². The zero-order chi connectivity index (χ0) is 16.3. The summed E-state index contributed by atoms with van der Waals surface area (Å²) < 4.78 is 37.3. The van der Waals surface area contributed by atoms with E-state index in [1.54, 1.807) is 6.08 Å². The van der Waals surface area contributed by atoms with Gasteiger partial charge >= 0.3 is 0 Å². The van der Waals surface area contributed by atoms with Gasteiger partial charge in [-0.25, -0.2) is 12.8 Å². The van der Waals surface area contributed by atoms with Crippen LogP contribution < -0.4 is 0 Å². The van der Waals surface area contributed by atoms with E-state index in [1.807, 2.05) is 42.5 Å². The highest BCUT2D eigenvalue weighted by molar-refractivity contribution is 7.93. The Morgan fingerprint density at radius 2 is 1.57 bits per heavy atom. The average Bonchev–Trinajstić information content (AvgIpc) is 2.55. The first-order valence-corrected chi connectivity index (χ1v) is 8.88. The lowest BCUT2D eigenvalue weighted by Crippen LogP contribution is -2.00. The lowest BCUT2D eigenvalue weighted by atomic mass is 10.1. The first-order valence-electron chi connectivity index (χ1n) is 7.16. The number of hydrogen-bond acceptors (Lipinski definition) is 2. The van der Waals surface area contributed by atoms with E-state index in [4.69, 9.17) is 0 Å². The second-order valence-corrected chi connectivity index (χ2v) is 7.19. The molecule has 0 saturated carbocycles. The number of sulfone groups is 1. The maximum Gasteiger partial charge on any atom is 0.175 e. The number of benzene rings is 3. The summed E-state index contributed by atoms with van der Waals surface area (Å²) in [6.07, 6.45) is 1.61. The highest BCUT2D eigenvalue weighted by Crippen LogP contribution is 2.20. The van der Waals surface area contributed by atoms with Crippen LogP contribution in [-0.2, 0) is 15.6 Å². The molecule has 0 aliphatic carbocycles. The van der Waals surface area contributed by atoms with Crippen molar-refractivity contribution in [2.24, 2.45) is 0 Å². The van der Waals surface area contributed by atoms with E-state index in [9.17, 15) is 12.8 Å². The van der Waals surface area contributed by atoms with Gasteiger partial charge in [-0.2, -0.15) is 0 Å². The number of hydrogen-bond donors (Lipinski definition) is 0. The molecular formula is C19H15FO2S. The molecule has 3 aromatic carbocycles. The van der Waals surface area contributed by atoms with Gasteiger partial charge in [0.05, 0.1) is 5.75 Å². The summed E-state index contributed by atoms with van der Waals surface area (Å²) in [6, 6.07) is 19.1. The van der Waals surface area contributed by atoms with Crippen LogP contribution in [0, 0.1) is 5.82 Å². The maximum atomic E-state index is 12.9. The molecule has 3 aromatic rings. The Bertz CT molecular complexity index is 953. The van der Waals surface area contributed by atoms with Crippen LogP contribution >= 0.6 is 0 Å². The topological polar surface area (TPSA) is 34.1 Å². The zero-order valence-electron chi connectivity index (χ0n) is 12.3. The number of halogens is 1. The molecule has 0 N–H and O–H groups in total. The number of fused-ring (bicyclic) bond motifs is 1. The SMILES string of the molecule is O=S(=O)(C=Cc1cccc2ccccc12)Cc1ccc(F)cc1. The summed E-state index contributed by atoms with van der Waals surface area (Å²) in [5, 5.41) is 3.28. The van der Waals surface area contributed by atoms with Gasteiger partial charge in [0.25, 0.3) is 0 Å². The van der Waals surface area contributed by atoms with Gasteiger partial charge in [-0.1, -0.05) is 54.6 Å². The average molecular weight is 326 g/mol. The highest BCUT2D eigenvalue weighted by atomic mass is 32.2. The maximum absolute atomic E-state index is 12.9.